The average Bonchev–Trinajstić information content (AvgIpc) is 3.15. The second-order valence-corrected chi connectivity index (χ2v) is 6.07. The Hall–Kier alpha value is -1.71. The smallest absolute Gasteiger partial charge is 0.231 e. The summed E-state index contributed by atoms with van der Waals surface area (Å²) in [5, 5.41) is 0. The molecule has 0 N–H and O–H groups in total. The minimum absolute atomic E-state index is 0.266. The van der Waals surface area contributed by atoms with Crippen molar-refractivity contribution in [3.63, 3.8) is 0 Å². The van der Waals surface area contributed by atoms with Gasteiger partial charge >= 0.3 is 0 Å². The highest BCUT2D eigenvalue weighted by Crippen LogP contribution is 2.34. The third kappa shape index (κ3) is 2.89. The van der Waals surface area contributed by atoms with Crippen molar-refractivity contribution in [3.8, 4) is 11.5 Å². The van der Waals surface area contributed by atoms with E-state index in [1.807, 2.05) is 23.1 Å². The number of fused-ring (bicyclic) bond motifs is 1. The fraction of sp³-hybridized carbons (Fsp3) is 0.562. The highest BCUT2D eigenvalue weighted by Gasteiger charge is 2.33. The molecule has 0 aromatic heterocycles. The van der Waals surface area contributed by atoms with Gasteiger partial charge in [0.15, 0.2) is 11.5 Å². The molecule has 1 saturated carbocycles. The molecule has 1 aliphatic carbocycles. The molecule has 2 aliphatic rings. The molecule has 1 aromatic rings. The van der Waals surface area contributed by atoms with Gasteiger partial charge in [0.25, 0.3) is 0 Å². The molecule has 0 bridgehead atoms. The summed E-state index contributed by atoms with van der Waals surface area (Å²) in [6.07, 6.45) is 2.10. The lowest BCUT2D eigenvalue weighted by Gasteiger charge is -2.25. The summed E-state index contributed by atoms with van der Waals surface area (Å²) in [6, 6.07) is 5.92. The molecule has 3 rings (SSSR count). The van der Waals surface area contributed by atoms with E-state index >= 15 is 0 Å². The van der Waals surface area contributed by atoms with Crippen LogP contribution >= 0.6 is 0 Å². The summed E-state index contributed by atoms with van der Waals surface area (Å²) in [5.41, 5.74) is 1.10. The second kappa shape index (κ2) is 5.35. The van der Waals surface area contributed by atoms with Crippen LogP contribution in [0.4, 0.5) is 0 Å². The second-order valence-electron chi connectivity index (χ2n) is 6.07. The van der Waals surface area contributed by atoms with Gasteiger partial charge in [-0.2, -0.15) is 0 Å². The van der Waals surface area contributed by atoms with Crippen molar-refractivity contribution in [2.24, 2.45) is 11.8 Å². The molecule has 20 heavy (non-hydrogen) atoms. The Morgan fingerprint density at radius 1 is 1.30 bits per heavy atom. The van der Waals surface area contributed by atoms with Gasteiger partial charge in [-0.25, -0.2) is 0 Å². The zero-order chi connectivity index (χ0) is 14.1. The van der Waals surface area contributed by atoms with Crippen LogP contribution in [-0.4, -0.2) is 24.1 Å². The van der Waals surface area contributed by atoms with Gasteiger partial charge in [0.2, 0.25) is 12.7 Å². The Bertz CT molecular complexity index is 508. The summed E-state index contributed by atoms with van der Waals surface area (Å²) in [5.74, 6) is 2.62. The molecule has 1 aliphatic heterocycles. The predicted molar refractivity (Wildman–Crippen MR) is 75.5 cm³/mol. The van der Waals surface area contributed by atoms with E-state index in [2.05, 4.69) is 13.8 Å². The number of hydrogen-bond donors (Lipinski definition) is 0. The highest BCUT2D eigenvalue weighted by molar-refractivity contribution is 5.81. The van der Waals surface area contributed by atoms with Crippen molar-refractivity contribution in [1.29, 1.82) is 0 Å². The van der Waals surface area contributed by atoms with Gasteiger partial charge in [0.05, 0.1) is 0 Å². The van der Waals surface area contributed by atoms with Crippen LogP contribution in [0.5, 0.6) is 11.5 Å². The molecule has 1 amide bonds. The number of carbonyl (C=O) groups is 1. The van der Waals surface area contributed by atoms with E-state index in [1.54, 1.807) is 0 Å². The monoisotopic (exact) mass is 275 g/mol. The number of ether oxygens (including phenoxy) is 2. The minimum Gasteiger partial charge on any atom is -0.454 e. The van der Waals surface area contributed by atoms with Gasteiger partial charge in [-0.3, -0.25) is 4.79 Å². The number of nitrogens with zero attached hydrogens (tertiary/aromatic N) is 1. The van der Waals surface area contributed by atoms with Crippen molar-refractivity contribution >= 4 is 5.91 Å². The van der Waals surface area contributed by atoms with Gasteiger partial charge < -0.3 is 14.4 Å². The number of carbonyl (C=O) groups excluding carboxylic acids is 1. The molecule has 108 valence electrons. The third-order valence-corrected chi connectivity index (χ3v) is 3.63. The molecule has 0 radical (unpaired) electrons. The minimum atomic E-state index is 0.266. The molecule has 1 heterocycles. The van der Waals surface area contributed by atoms with Crippen molar-refractivity contribution in [1.82, 2.24) is 4.90 Å². The molecular weight excluding hydrogens is 254 g/mol. The maximum absolute atomic E-state index is 12.3. The third-order valence-electron chi connectivity index (χ3n) is 3.63. The maximum Gasteiger partial charge on any atom is 0.231 e. The Kier molecular flexibility index (Phi) is 3.55. The van der Waals surface area contributed by atoms with E-state index < -0.39 is 0 Å². The molecule has 0 unspecified atom stereocenters. The summed E-state index contributed by atoms with van der Waals surface area (Å²) >= 11 is 0. The Morgan fingerprint density at radius 3 is 2.75 bits per heavy atom. The Labute approximate surface area is 119 Å². The summed E-state index contributed by atoms with van der Waals surface area (Å²) in [4.78, 5) is 14.3. The molecular formula is C16H21NO3. The van der Waals surface area contributed by atoms with Gasteiger partial charge in [-0.05, 0) is 36.5 Å². The fourth-order valence-electron chi connectivity index (χ4n) is 2.52. The Balaban J connectivity index is 1.73. The van der Waals surface area contributed by atoms with Crippen LogP contribution in [0.25, 0.3) is 0 Å². The first-order valence-electron chi connectivity index (χ1n) is 7.31. The normalized spacial score (nSPS) is 16.6. The first-order valence-corrected chi connectivity index (χ1v) is 7.31. The van der Waals surface area contributed by atoms with Crippen molar-refractivity contribution in [3.05, 3.63) is 23.8 Å². The van der Waals surface area contributed by atoms with Gasteiger partial charge in [0.1, 0.15) is 0 Å². The standard InChI is InChI=1S/C16H21NO3/c1-11(2)8-17(16(18)13-4-5-13)9-12-3-6-14-15(7-12)20-10-19-14/h3,6-7,11,13H,4-5,8-10H2,1-2H3. The van der Waals surface area contributed by atoms with Gasteiger partial charge in [0, 0.05) is 19.0 Å². The van der Waals surface area contributed by atoms with E-state index in [0.717, 1.165) is 36.4 Å². The molecule has 0 atom stereocenters. The van der Waals surface area contributed by atoms with Crippen LogP contribution < -0.4 is 9.47 Å². The van der Waals surface area contributed by atoms with Gasteiger partial charge in [-0.15, -0.1) is 0 Å². The number of amides is 1. The molecule has 0 spiro atoms. The zero-order valence-electron chi connectivity index (χ0n) is 12.1. The number of benzene rings is 1. The van der Waals surface area contributed by atoms with Crippen molar-refractivity contribution < 1.29 is 14.3 Å². The molecule has 1 fully saturated rings. The van der Waals surface area contributed by atoms with Gasteiger partial charge in [-0.1, -0.05) is 19.9 Å². The molecule has 4 nitrogen and oxygen atoms in total. The van der Waals surface area contributed by atoms with Crippen LogP contribution in [0, 0.1) is 11.8 Å². The van der Waals surface area contributed by atoms with Crippen LogP contribution in [0.3, 0.4) is 0 Å². The quantitative estimate of drug-likeness (QED) is 0.829. The first kappa shape index (κ1) is 13.3. The van der Waals surface area contributed by atoms with E-state index in [9.17, 15) is 4.79 Å². The Morgan fingerprint density at radius 2 is 2.05 bits per heavy atom. The van der Waals surface area contributed by atoms with E-state index in [-0.39, 0.29) is 12.7 Å². The van der Waals surface area contributed by atoms with E-state index in [0.29, 0.717) is 18.4 Å². The van der Waals surface area contributed by atoms with Crippen LogP contribution in [0.15, 0.2) is 18.2 Å². The largest absolute Gasteiger partial charge is 0.454 e. The number of rotatable bonds is 5. The lowest BCUT2D eigenvalue weighted by molar-refractivity contribution is -0.133. The predicted octanol–water partition coefficient (Wildman–Crippen LogP) is 2.81. The lowest BCUT2D eigenvalue weighted by Crippen LogP contribution is -2.34. The first-order chi connectivity index (χ1) is 9.63. The SMILES string of the molecule is CC(C)CN(Cc1ccc2c(c1)OCO2)C(=O)C1CC1. The van der Waals surface area contributed by atoms with E-state index in [1.165, 1.54) is 0 Å². The maximum atomic E-state index is 12.3. The van der Waals surface area contributed by atoms with Crippen molar-refractivity contribution in [2.75, 3.05) is 13.3 Å². The summed E-state index contributed by atoms with van der Waals surface area (Å²) < 4.78 is 10.7. The summed E-state index contributed by atoms with van der Waals surface area (Å²) in [7, 11) is 0. The van der Waals surface area contributed by atoms with Crippen LogP contribution in [0.2, 0.25) is 0 Å². The topological polar surface area (TPSA) is 38.8 Å². The summed E-state index contributed by atoms with van der Waals surface area (Å²) in [6.45, 7) is 6.04. The van der Waals surface area contributed by atoms with Crippen LogP contribution in [0.1, 0.15) is 32.3 Å². The molecule has 0 saturated heterocycles. The van der Waals surface area contributed by atoms with Crippen molar-refractivity contribution in [2.45, 2.75) is 33.2 Å². The number of hydrogen-bond acceptors (Lipinski definition) is 3. The molecule has 4 heteroatoms. The highest BCUT2D eigenvalue weighted by atomic mass is 16.7. The van der Waals surface area contributed by atoms with E-state index in [4.69, 9.17) is 9.47 Å². The molecule has 1 aromatic carbocycles. The average molecular weight is 275 g/mol. The zero-order valence-corrected chi connectivity index (χ0v) is 12.1. The fourth-order valence-corrected chi connectivity index (χ4v) is 2.52. The lowest BCUT2D eigenvalue weighted by atomic mass is 10.1. The van der Waals surface area contributed by atoms with Crippen LogP contribution in [-0.2, 0) is 11.3 Å².